The van der Waals surface area contributed by atoms with Crippen molar-refractivity contribution in [1.29, 1.82) is 0 Å². The molecule has 1 N–H and O–H groups in total. The van der Waals surface area contributed by atoms with Gasteiger partial charge in [0.2, 0.25) is 0 Å². The number of benzene rings is 1. The van der Waals surface area contributed by atoms with Crippen LogP contribution in [0.5, 0.6) is 0 Å². The van der Waals surface area contributed by atoms with E-state index in [-0.39, 0.29) is 0 Å². The molecule has 20 heavy (non-hydrogen) atoms. The first-order chi connectivity index (χ1) is 9.86. The minimum Gasteiger partial charge on any atom is -0.311 e. The van der Waals surface area contributed by atoms with Gasteiger partial charge in [0.05, 0.1) is 5.52 Å². The highest BCUT2D eigenvalue weighted by atomic mass is 15.2. The number of hydrogen-bond acceptors (Lipinski definition) is 3. The van der Waals surface area contributed by atoms with Crippen LogP contribution in [0.1, 0.15) is 18.9 Å². The van der Waals surface area contributed by atoms with Crippen LogP contribution in [-0.4, -0.2) is 42.1 Å². The highest BCUT2D eigenvalue weighted by molar-refractivity contribution is 5.81. The average Bonchev–Trinajstić information content (AvgIpc) is 2.53. The summed E-state index contributed by atoms with van der Waals surface area (Å²) in [6, 6.07) is 11.3. The fraction of sp³-hybridized carbons (Fsp3) is 0.471. The van der Waals surface area contributed by atoms with E-state index in [1.807, 2.05) is 12.3 Å². The number of para-hydroxylation sites is 1. The van der Waals surface area contributed by atoms with Gasteiger partial charge in [-0.2, -0.15) is 0 Å². The number of pyridine rings is 1. The second-order valence-corrected chi connectivity index (χ2v) is 5.60. The molecule has 3 heteroatoms. The summed E-state index contributed by atoms with van der Waals surface area (Å²) >= 11 is 0. The molecule has 0 spiro atoms. The standard InChI is InChI=1S/C17H23N3/c1-2-16-13-20(12-10-18-16)11-8-15-6-3-5-14-7-4-9-19-17(14)15/h3-7,9,16,18H,2,8,10-13H2,1H3. The summed E-state index contributed by atoms with van der Waals surface area (Å²) < 4.78 is 0. The van der Waals surface area contributed by atoms with Crippen molar-refractivity contribution < 1.29 is 0 Å². The molecule has 2 aromatic rings. The summed E-state index contributed by atoms with van der Waals surface area (Å²) in [4.78, 5) is 7.12. The van der Waals surface area contributed by atoms with Crippen molar-refractivity contribution in [3.05, 3.63) is 42.1 Å². The van der Waals surface area contributed by atoms with E-state index in [0.29, 0.717) is 6.04 Å². The van der Waals surface area contributed by atoms with Crippen molar-refractivity contribution in [3.8, 4) is 0 Å². The topological polar surface area (TPSA) is 28.2 Å². The molecule has 0 amide bonds. The third-order valence-electron chi connectivity index (χ3n) is 4.25. The Bertz CT molecular complexity index is 562. The predicted octanol–water partition coefficient (Wildman–Crippen LogP) is 2.46. The SMILES string of the molecule is CCC1CN(CCc2cccc3cccnc23)CCN1. The van der Waals surface area contributed by atoms with Crippen molar-refractivity contribution in [3.63, 3.8) is 0 Å². The molecule has 2 heterocycles. The third-order valence-corrected chi connectivity index (χ3v) is 4.25. The van der Waals surface area contributed by atoms with Crippen LogP contribution in [-0.2, 0) is 6.42 Å². The monoisotopic (exact) mass is 269 g/mol. The van der Waals surface area contributed by atoms with Crippen molar-refractivity contribution in [2.75, 3.05) is 26.2 Å². The molecule has 1 aromatic heterocycles. The Hall–Kier alpha value is -1.45. The van der Waals surface area contributed by atoms with Gasteiger partial charge in [-0.15, -0.1) is 0 Å². The van der Waals surface area contributed by atoms with Crippen LogP contribution < -0.4 is 5.32 Å². The van der Waals surface area contributed by atoms with Gasteiger partial charge in [-0.25, -0.2) is 0 Å². The Morgan fingerprint density at radius 1 is 1.30 bits per heavy atom. The molecule has 106 valence electrons. The quantitative estimate of drug-likeness (QED) is 0.924. The lowest BCUT2D eigenvalue weighted by atomic mass is 10.1. The zero-order chi connectivity index (χ0) is 13.8. The van der Waals surface area contributed by atoms with Crippen LogP contribution in [0, 0.1) is 0 Å². The molecule has 1 atom stereocenters. The molecular weight excluding hydrogens is 246 g/mol. The fourth-order valence-electron chi connectivity index (χ4n) is 3.02. The molecule has 1 aliphatic rings. The van der Waals surface area contributed by atoms with Gasteiger partial charge in [0.1, 0.15) is 0 Å². The molecule has 1 saturated heterocycles. The second-order valence-electron chi connectivity index (χ2n) is 5.60. The molecule has 1 fully saturated rings. The Labute approximate surface area is 121 Å². The number of nitrogens with one attached hydrogen (secondary N) is 1. The number of nitrogens with zero attached hydrogens (tertiary/aromatic N) is 2. The zero-order valence-corrected chi connectivity index (χ0v) is 12.2. The maximum Gasteiger partial charge on any atom is 0.0734 e. The van der Waals surface area contributed by atoms with Crippen molar-refractivity contribution in [2.45, 2.75) is 25.8 Å². The highest BCUT2D eigenvalue weighted by Crippen LogP contribution is 2.17. The van der Waals surface area contributed by atoms with Crippen LogP contribution in [0.3, 0.4) is 0 Å². The largest absolute Gasteiger partial charge is 0.311 e. The maximum atomic E-state index is 4.55. The summed E-state index contributed by atoms with van der Waals surface area (Å²) in [5, 5.41) is 4.82. The lowest BCUT2D eigenvalue weighted by Crippen LogP contribution is -2.50. The lowest BCUT2D eigenvalue weighted by Gasteiger charge is -2.33. The smallest absolute Gasteiger partial charge is 0.0734 e. The highest BCUT2D eigenvalue weighted by Gasteiger charge is 2.17. The molecule has 0 radical (unpaired) electrons. The summed E-state index contributed by atoms with van der Waals surface area (Å²) in [6.45, 7) is 6.85. The molecule has 3 rings (SSSR count). The zero-order valence-electron chi connectivity index (χ0n) is 12.2. The normalized spacial score (nSPS) is 20.4. The van der Waals surface area contributed by atoms with E-state index in [1.54, 1.807) is 0 Å². The number of aromatic nitrogens is 1. The van der Waals surface area contributed by atoms with Crippen molar-refractivity contribution >= 4 is 10.9 Å². The Morgan fingerprint density at radius 3 is 3.10 bits per heavy atom. The van der Waals surface area contributed by atoms with E-state index in [2.05, 4.69) is 46.4 Å². The van der Waals surface area contributed by atoms with Gasteiger partial charge >= 0.3 is 0 Å². The maximum absolute atomic E-state index is 4.55. The molecular formula is C17H23N3. The van der Waals surface area contributed by atoms with E-state index in [4.69, 9.17) is 0 Å². The average molecular weight is 269 g/mol. The van der Waals surface area contributed by atoms with E-state index < -0.39 is 0 Å². The first-order valence-corrected chi connectivity index (χ1v) is 7.65. The Balaban J connectivity index is 1.68. The molecule has 1 aliphatic heterocycles. The van der Waals surface area contributed by atoms with Crippen molar-refractivity contribution in [1.82, 2.24) is 15.2 Å². The van der Waals surface area contributed by atoms with Crippen LogP contribution >= 0.6 is 0 Å². The van der Waals surface area contributed by atoms with Gasteiger partial charge in [0, 0.05) is 43.8 Å². The van der Waals surface area contributed by atoms with Crippen LogP contribution in [0.4, 0.5) is 0 Å². The first kappa shape index (κ1) is 13.5. The van der Waals surface area contributed by atoms with E-state index in [9.17, 15) is 0 Å². The fourth-order valence-corrected chi connectivity index (χ4v) is 3.02. The summed E-state index contributed by atoms with van der Waals surface area (Å²) in [6.07, 6.45) is 4.20. The molecule has 0 aliphatic carbocycles. The number of rotatable bonds is 4. The van der Waals surface area contributed by atoms with Crippen LogP contribution in [0.15, 0.2) is 36.5 Å². The molecule has 0 bridgehead atoms. The second kappa shape index (κ2) is 6.33. The van der Waals surface area contributed by atoms with E-state index in [1.165, 1.54) is 23.9 Å². The van der Waals surface area contributed by atoms with Gasteiger partial charge in [0.25, 0.3) is 0 Å². The molecule has 1 unspecified atom stereocenters. The minimum absolute atomic E-state index is 0.661. The van der Waals surface area contributed by atoms with E-state index >= 15 is 0 Å². The van der Waals surface area contributed by atoms with Gasteiger partial charge in [-0.05, 0) is 24.5 Å². The van der Waals surface area contributed by atoms with Gasteiger partial charge in [-0.3, -0.25) is 4.98 Å². The van der Waals surface area contributed by atoms with Gasteiger partial charge in [0.15, 0.2) is 0 Å². The van der Waals surface area contributed by atoms with Crippen molar-refractivity contribution in [2.24, 2.45) is 0 Å². The predicted molar refractivity (Wildman–Crippen MR) is 84.0 cm³/mol. The number of fused-ring (bicyclic) bond motifs is 1. The summed E-state index contributed by atoms with van der Waals surface area (Å²) in [5.41, 5.74) is 2.53. The number of piperazine rings is 1. The molecule has 1 aromatic carbocycles. The van der Waals surface area contributed by atoms with Gasteiger partial charge < -0.3 is 10.2 Å². The molecule has 0 saturated carbocycles. The van der Waals surface area contributed by atoms with Gasteiger partial charge in [-0.1, -0.05) is 31.2 Å². The Kier molecular flexibility index (Phi) is 4.28. The summed E-state index contributed by atoms with van der Waals surface area (Å²) in [7, 11) is 0. The number of hydrogen-bond donors (Lipinski definition) is 1. The minimum atomic E-state index is 0.661. The third kappa shape index (κ3) is 3.00. The van der Waals surface area contributed by atoms with Crippen LogP contribution in [0.2, 0.25) is 0 Å². The first-order valence-electron chi connectivity index (χ1n) is 7.65. The van der Waals surface area contributed by atoms with E-state index in [0.717, 1.165) is 31.6 Å². The molecule has 3 nitrogen and oxygen atoms in total. The van der Waals surface area contributed by atoms with Crippen LogP contribution in [0.25, 0.3) is 10.9 Å². The Morgan fingerprint density at radius 2 is 2.20 bits per heavy atom. The lowest BCUT2D eigenvalue weighted by molar-refractivity contribution is 0.199. The summed E-state index contributed by atoms with van der Waals surface area (Å²) in [5.74, 6) is 0.